The Bertz CT molecular complexity index is 297. The second-order valence-corrected chi connectivity index (χ2v) is 5.23. The van der Waals surface area contributed by atoms with Crippen LogP contribution < -0.4 is 5.73 Å². The van der Waals surface area contributed by atoms with Gasteiger partial charge in [0.2, 0.25) is 11.8 Å². The molecule has 1 fully saturated rings. The van der Waals surface area contributed by atoms with Crippen molar-refractivity contribution in [3.05, 3.63) is 0 Å². The highest BCUT2D eigenvalue weighted by Gasteiger charge is 2.29. The Morgan fingerprint density at radius 1 is 1.33 bits per heavy atom. The van der Waals surface area contributed by atoms with Gasteiger partial charge in [-0.3, -0.25) is 9.59 Å². The van der Waals surface area contributed by atoms with Gasteiger partial charge in [0.15, 0.2) is 0 Å². The van der Waals surface area contributed by atoms with Crippen LogP contribution in [0.3, 0.4) is 0 Å². The van der Waals surface area contributed by atoms with Crippen LogP contribution in [0.2, 0.25) is 0 Å². The Labute approximate surface area is 109 Å². The summed E-state index contributed by atoms with van der Waals surface area (Å²) in [4.78, 5) is 27.2. The standard InChI is InChI=1S/C13H25N3O2/c1-4-5-11(14)13(18)16-8-6-10(7-9-16)12(17)15(2)3/h10-11H,4-9,14H2,1-3H3/t11-/m0/s1. The Hall–Kier alpha value is -1.10. The number of amides is 2. The molecule has 5 nitrogen and oxygen atoms in total. The molecule has 1 rings (SSSR count). The summed E-state index contributed by atoms with van der Waals surface area (Å²) in [5.41, 5.74) is 5.83. The zero-order chi connectivity index (χ0) is 13.7. The van der Waals surface area contributed by atoms with E-state index in [1.165, 1.54) is 0 Å². The fourth-order valence-corrected chi connectivity index (χ4v) is 2.38. The molecule has 0 aliphatic carbocycles. The minimum atomic E-state index is -0.379. The van der Waals surface area contributed by atoms with Crippen molar-refractivity contribution in [3.63, 3.8) is 0 Å². The predicted molar refractivity (Wildman–Crippen MR) is 70.9 cm³/mol. The zero-order valence-electron chi connectivity index (χ0n) is 11.7. The van der Waals surface area contributed by atoms with E-state index in [9.17, 15) is 9.59 Å². The Morgan fingerprint density at radius 3 is 2.33 bits per heavy atom. The van der Waals surface area contributed by atoms with Crippen LogP contribution in [-0.4, -0.2) is 54.8 Å². The summed E-state index contributed by atoms with van der Waals surface area (Å²) in [5.74, 6) is 0.263. The van der Waals surface area contributed by atoms with Crippen molar-refractivity contribution in [1.82, 2.24) is 9.80 Å². The molecule has 0 aromatic heterocycles. The van der Waals surface area contributed by atoms with Gasteiger partial charge in [0, 0.05) is 33.1 Å². The highest BCUT2D eigenvalue weighted by Crippen LogP contribution is 2.19. The molecule has 0 bridgehead atoms. The first-order valence-electron chi connectivity index (χ1n) is 6.72. The molecule has 18 heavy (non-hydrogen) atoms. The van der Waals surface area contributed by atoms with Gasteiger partial charge in [-0.2, -0.15) is 0 Å². The molecule has 5 heteroatoms. The third-order valence-corrected chi connectivity index (χ3v) is 3.51. The maximum absolute atomic E-state index is 12.0. The van der Waals surface area contributed by atoms with Crippen molar-refractivity contribution in [2.45, 2.75) is 38.6 Å². The molecular weight excluding hydrogens is 230 g/mol. The number of carbonyl (C=O) groups is 2. The lowest BCUT2D eigenvalue weighted by molar-refractivity contribution is -0.139. The Kier molecular flexibility index (Phi) is 5.59. The molecule has 1 aliphatic rings. The van der Waals surface area contributed by atoms with Crippen LogP contribution in [0, 0.1) is 5.92 Å². The van der Waals surface area contributed by atoms with Crippen molar-refractivity contribution in [1.29, 1.82) is 0 Å². The van der Waals surface area contributed by atoms with Crippen molar-refractivity contribution in [3.8, 4) is 0 Å². The summed E-state index contributed by atoms with van der Waals surface area (Å²) in [6, 6.07) is -0.379. The third-order valence-electron chi connectivity index (χ3n) is 3.51. The minimum absolute atomic E-state index is 0.0348. The summed E-state index contributed by atoms with van der Waals surface area (Å²) >= 11 is 0. The average molecular weight is 255 g/mol. The number of hydrogen-bond acceptors (Lipinski definition) is 3. The first-order valence-corrected chi connectivity index (χ1v) is 6.72. The maximum Gasteiger partial charge on any atom is 0.239 e. The van der Waals surface area contributed by atoms with Crippen LogP contribution in [0.15, 0.2) is 0 Å². The highest BCUT2D eigenvalue weighted by atomic mass is 16.2. The van der Waals surface area contributed by atoms with Gasteiger partial charge in [-0.1, -0.05) is 13.3 Å². The molecule has 0 spiro atoms. The molecule has 0 aromatic carbocycles. The molecular formula is C13H25N3O2. The molecule has 2 amide bonds. The van der Waals surface area contributed by atoms with Crippen LogP contribution in [0.5, 0.6) is 0 Å². The number of nitrogens with zero attached hydrogens (tertiary/aromatic N) is 2. The van der Waals surface area contributed by atoms with E-state index in [0.717, 1.165) is 25.7 Å². The summed E-state index contributed by atoms with van der Waals surface area (Å²) in [7, 11) is 3.55. The number of hydrogen-bond donors (Lipinski definition) is 1. The van der Waals surface area contributed by atoms with Gasteiger partial charge in [0.1, 0.15) is 0 Å². The lowest BCUT2D eigenvalue weighted by atomic mass is 9.95. The summed E-state index contributed by atoms with van der Waals surface area (Å²) < 4.78 is 0. The lowest BCUT2D eigenvalue weighted by Gasteiger charge is -2.33. The van der Waals surface area contributed by atoms with Crippen molar-refractivity contribution >= 4 is 11.8 Å². The second-order valence-electron chi connectivity index (χ2n) is 5.23. The monoisotopic (exact) mass is 255 g/mol. The smallest absolute Gasteiger partial charge is 0.239 e. The van der Waals surface area contributed by atoms with Gasteiger partial charge < -0.3 is 15.5 Å². The topological polar surface area (TPSA) is 66.6 Å². The number of piperidine rings is 1. The van der Waals surface area contributed by atoms with Crippen molar-refractivity contribution in [2.24, 2.45) is 11.7 Å². The second kappa shape index (κ2) is 6.73. The molecule has 104 valence electrons. The largest absolute Gasteiger partial charge is 0.349 e. The van der Waals surface area contributed by atoms with Crippen LogP contribution in [0.4, 0.5) is 0 Å². The summed E-state index contributed by atoms with van der Waals surface area (Å²) in [6.07, 6.45) is 3.15. The molecule has 2 N–H and O–H groups in total. The molecule has 1 saturated heterocycles. The molecule has 1 aliphatic heterocycles. The van der Waals surface area contributed by atoms with Crippen molar-refractivity contribution < 1.29 is 9.59 Å². The van der Waals surface area contributed by atoms with Crippen molar-refractivity contribution in [2.75, 3.05) is 27.2 Å². The number of nitrogens with two attached hydrogens (primary N) is 1. The van der Waals surface area contributed by atoms with Crippen LogP contribution >= 0.6 is 0 Å². The first kappa shape index (κ1) is 15.0. The fourth-order valence-electron chi connectivity index (χ4n) is 2.38. The quantitative estimate of drug-likeness (QED) is 0.792. The predicted octanol–water partition coefficient (Wildman–Crippen LogP) is 0.441. The number of likely N-dealkylation sites (tertiary alicyclic amines) is 1. The van der Waals surface area contributed by atoms with E-state index in [1.807, 2.05) is 6.92 Å². The van der Waals surface area contributed by atoms with E-state index in [2.05, 4.69) is 0 Å². The van der Waals surface area contributed by atoms with Gasteiger partial charge in [-0.05, 0) is 19.3 Å². The van der Waals surface area contributed by atoms with Gasteiger partial charge in [0.05, 0.1) is 6.04 Å². The maximum atomic E-state index is 12.0. The molecule has 0 aromatic rings. The van der Waals surface area contributed by atoms with E-state index in [-0.39, 0.29) is 23.8 Å². The van der Waals surface area contributed by atoms with Crippen LogP contribution in [0.25, 0.3) is 0 Å². The molecule has 1 atom stereocenters. The molecule has 0 radical (unpaired) electrons. The molecule has 0 unspecified atom stereocenters. The van der Waals surface area contributed by atoms with Gasteiger partial charge in [-0.25, -0.2) is 0 Å². The number of carbonyl (C=O) groups excluding carboxylic acids is 2. The van der Waals surface area contributed by atoms with E-state index in [1.54, 1.807) is 23.9 Å². The minimum Gasteiger partial charge on any atom is -0.349 e. The highest BCUT2D eigenvalue weighted by molar-refractivity contribution is 5.82. The van der Waals surface area contributed by atoms with E-state index in [0.29, 0.717) is 13.1 Å². The summed E-state index contributed by atoms with van der Waals surface area (Å²) in [6.45, 7) is 3.33. The number of rotatable bonds is 4. The third kappa shape index (κ3) is 3.70. The normalized spacial score (nSPS) is 18.6. The average Bonchev–Trinajstić information content (AvgIpc) is 2.37. The molecule has 1 heterocycles. The Balaban J connectivity index is 2.44. The lowest BCUT2D eigenvalue weighted by Crippen LogP contribution is -2.48. The SMILES string of the molecule is CCC[C@H](N)C(=O)N1CCC(C(=O)N(C)C)CC1. The molecule has 0 saturated carbocycles. The van der Waals surface area contributed by atoms with Crippen LogP contribution in [-0.2, 0) is 9.59 Å². The van der Waals surface area contributed by atoms with E-state index >= 15 is 0 Å². The Morgan fingerprint density at radius 2 is 1.89 bits per heavy atom. The zero-order valence-corrected chi connectivity index (χ0v) is 11.7. The van der Waals surface area contributed by atoms with Gasteiger partial charge >= 0.3 is 0 Å². The summed E-state index contributed by atoms with van der Waals surface area (Å²) in [5, 5.41) is 0. The fraction of sp³-hybridized carbons (Fsp3) is 0.846. The van der Waals surface area contributed by atoms with Gasteiger partial charge in [0.25, 0.3) is 0 Å². The first-order chi connectivity index (χ1) is 8.47. The van der Waals surface area contributed by atoms with Crippen LogP contribution in [0.1, 0.15) is 32.6 Å². The van der Waals surface area contributed by atoms with Gasteiger partial charge in [-0.15, -0.1) is 0 Å². The van der Waals surface area contributed by atoms with E-state index < -0.39 is 0 Å². The van der Waals surface area contributed by atoms with E-state index in [4.69, 9.17) is 5.73 Å².